The maximum absolute atomic E-state index is 11.9. The summed E-state index contributed by atoms with van der Waals surface area (Å²) in [5.74, 6) is 0.166. The largest absolute Gasteiger partial charge is 0.384 e. The summed E-state index contributed by atoms with van der Waals surface area (Å²) >= 11 is 0. The van der Waals surface area contributed by atoms with Crippen LogP contribution < -0.4 is 10.0 Å². The number of hydrogen-bond donors (Lipinski definition) is 2. The van der Waals surface area contributed by atoms with Crippen molar-refractivity contribution in [3.05, 3.63) is 0 Å². The van der Waals surface area contributed by atoms with E-state index in [0.717, 1.165) is 25.9 Å². The Hall–Kier alpha value is -0.210. The molecule has 0 aliphatic heterocycles. The van der Waals surface area contributed by atoms with Crippen LogP contribution >= 0.6 is 0 Å². The fourth-order valence-corrected chi connectivity index (χ4v) is 2.63. The summed E-state index contributed by atoms with van der Waals surface area (Å²) in [6, 6.07) is 0. The van der Waals surface area contributed by atoms with Crippen LogP contribution in [0.2, 0.25) is 0 Å². The second-order valence-electron chi connectivity index (χ2n) is 4.84. The molecule has 2 N–H and O–H groups in total. The van der Waals surface area contributed by atoms with Crippen molar-refractivity contribution < 1.29 is 13.2 Å². The van der Waals surface area contributed by atoms with Crippen LogP contribution in [-0.2, 0) is 14.9 Å². The molecule has 0 aliphatic carbocycles. The van der Waals surface area contributed by atoms with E-state index in [9.17, 15) is 8.42 Å². The molecular weight excluding hydrogens is 266 g/mol. The second kappa shape index (κ2) is 10.6. The summed E-state index contributed by atoms with van der Waals surface area (Å²) in [6.45, 7) is 7.33. The minimum atomic E-state index is -3.37. The van der Waals surface area contributed by atoms with E-state index in [1.807, 2.05) is 6.92 Å². The fourth-order valence-electron chi connectivity index (χ4n) is 1.55. The smallest absolute Gasteiger partial charge is 0.279 e. The van der Waals surface area contributed by atoms with Crippen molar-refractivity contribution in [2.24, 2.45) is 5.92 Å². The van der Waals surface area contributed by atoms with Gasteiger partial charge < -0.3 is 10.1 Å². The molecule has 0 heterocycles. The molecule has 0 radical (unpaired) electrons. The van der Waals surface area contributed by atoms with Crippen LogP contribution in [-0.4, -0.2) is 59.7 Å². The van der Waals surface area contributed by atoms with Crippen molar-refractivity contribution in [3.8, 4) is 0 Å². The van der Waals surface area contributed by atoms with Gasteiger partial charge in [-0.05, 0) is 31.8 Å². The van der Waals surface area contributed by atoms with E-state index >= 15 is 0 Å². The molecule has 1 unspecified atom stereocenters. The number of hydrogen-bond acceptors (Lipinski definition) is 4. The lowest BCUT2D eigenvalue weighted by Crippen LogP contribution is -2.41. The first-order valence-corrected chi connectivity index (χ1v) is 8.28. The Morgan fingerprint density at radius 2 is 2.00 bits per heavy atom. The average Bonchev–Trinajstić information content (AvgIpc) is 2.36. The average molecular weight is 295 g/mol. The molecule has 1 atom stereocenters. The van der Waals surface area contributed by atoms with Crippen molar-refractivity contribution in [2.45, 2.75) is 26.7 Å². The third-order valence-corrected chi connectivity index (χ3v) is 4.26. The highest BCUT2D eigenvalue weighted by Crippen LogP contribution is 1.99. The first kappa shape index (κ1) is 18.8. The van der Waals surface area contributed by atoms with Gasteiger partial charge in [0.15, 0.2) is 0 Å². The van der Waals surface area contributed by atoms with Gasteiger partial charge in [0.25, 0.3) is 10.2 Å². The van der Waals surface area contributed by atoms with Crippen molar-refractivity contribution in [3.63, 3.8) is 0 Å². The molecule has 6 nitrogen and oxygen atoms in total. The maximum atomic E-state index is 11.9. The van der Waals surface area contributed by atoms with Gasteiger partial charge in [0, 0.05) is 33.9 Å². The molecule has 0 aliphatic rings. The molecule has 116 valence electrons. The Kier molecular flexibility index (Phi) is 10.4. The summed E-state index contributed by atoms with van der Waals surface area (Å²) < 4.78 is 32.8. The maximum Gasteiger partial charge on any atom is 0.279 e. The van der Waals surface area contributed by atoms with Crippen molar-refractivity contribution >= 4 is 10.2 Å². The summed E-state index contributed by atoms with van der Waals surface area (Å²) in [6.07, 6.45) is 1.90. The molecule has 7 heteroatoms. The molecule has 0 bridgehead atoms. The molecule has 0 spiro atoms. The normalized spacial score (nSPS) is 13.9. The Bertz CT molecular complexity index is 309. The molecule has 0 aromatic carbocycles. The molecular formula is C12H29N3O3S. The molecule has 0 fully saturated rings. The van der Waals surface area contributed by atoms with Gasteiger partial charge in [0.2, 0.25) is 0 Å². The molecule has 0 saturated heterocycles. The predicted octanol–water partition coefficient (Wildman–Crippen LogP) is 0.425. The van der Waals surface area contributed by atoms with Gasteiger partial charge in [0.1, 0.15) is 0 Å². The topological polar surface area (TPSA) is 70.7 Å². The van der Waals surface area contributed by atoms with E-state index < -0.39 is 10.2 Å². The Labute approximate surface area is 118 Å². The van der Waals surface area contributed by atoms with E-state index in [4.69, 9.17) is 4.74 Å². The zero-order valence-electron chi connectivity index (χ0n) is 12.6. The summed E-state index contributed by atoms with van der Waals surface area (Å²) in [7, 11) is -0.155. The number of rotatable bonds is 12. The Morgan fingerprint density at radius 1 is 1.32 bits per heavy atom. The van der Waals surface area contributed by atoms with Gasteiger partial charge in [-0.25, -0.2) is 4.72 Å². The second-order valence-corrected chi connectivity index (χ2v) is 6.70. The summed E-state index contributed by atoms with van der Waals surface area (Å²) in [5, 5.41) is 3.25. The van der Waals surface area contributed by atoms with Crippen LogP contribution in [0.5, 0.6) is 0 Å². The quantitative estimate of drug-likeness (QED) is 0.512. The van der Waals surface area contributed by atoms with Crippen LogP contribution in [0.4, 0.5) is 0 Å². The lowest BCUT2D eigenvalue weighted by molar-refractivity contribution is 0.161. The highest BCUT2D eigenvalue weighted by atomic mass is 32.2. The zero-order valence-corrected chi connectivity index (χ0v) is 13.4. The van der Waals surface area contributed by atoms with Crippen molar-refractivity contribution in [1.82, 2.24) is 14.3 Å². The van der Waals surface area contributed by atoms with Gasteiger partial charge in [-0.3, -0.25) is 0 Å². The van der Waals surface area contributed by atoms with Crippen LogP contribution in [0, 0.1) is 5.92 Å². The van der Waals surface area contributed by atoms with E-state index in [-0.39, 0.29) is 5.92 Å². The first-order valence-electron chi connectivity index (χ1n) is 6.84. The minimum absolute atomic E-state index is 0.166. The van der Waals surface area contributed by atoms with Crippen molar-refractivity contribution in [2.75, 3.05) is 46.9 Å². The van der Waals surface area contributed by atoms with Gasteiger partial charge >= 0.3 is 0 Å². The van der Waals surface area contributed by atoms with Crippen LogP contribution in [0.25, 0.3) is 0 Å². The Morgan fingerprint density at radius 3 is 2.58 bits per heavy atom. The third kappa shape index (κ3) is 9.34. The molecule has 0 rings (SSSR count). The molecule has 0 aromatic rings. The monoisotopic (exact) mass is 295 g/mol. The molecule has 0 saturated carbocycles. The van der Waals surface area contributed by atoms with E-state index in [0.29, 0.717) is 19.7 Å². The summed E-state index contributed by atoms with van der Waals surface area (Å²) in [4.78, 5) is 0. The van der Waals surface area contributed by atoms with E-state index in [1.165, 1.54) is 4.31 Å². The number of nitrogens with zero attached hydrogens (tertiary/aromatic N) is 1. The lowest BCUT2D eigenvalue weighted by atomic mass is 10.2. The minimum Gasteiger partial charge on any atom is -0.384 e. The molecule has 0 amide bonds. The van der Waals surface area contributed by atoms with Gasteiger partial charge in [-0.1, -0.05) is 13.8 Å². The predicted molar refractivity (Wildman–Crippen MR) is 78.4 cm³/mol. The number of methoxy groups -OCH3 is 1. The van der Waals surface area contributed by atoms with E-state index in [2.05, 4.69) is 17.0 Å². The van der Waals surface area contributed by atoms with Crippen LogP contribution in [0.3, 0.4) is 0 Å². The zero-order chi connectivity index (χ0) is 14.7. The fraction of sp³-hybridized carbons (Fsp3) is 1.00. The Balaban J connectivity index is 3.90. The molecule has 0 aromatic heterocycles. The van der Waals surface area contributed by atoms with Gasteiger partial charge in [-0.2, -0.15) is 12.7 Å². The van der Waals surface area contributed by atoms with Gasteiger partial charge in [-0.15, -0.1) is 0 Å². The lowest BCUT2D eigenvalue weighted by Gasteiger charge is -2.19. The van der Waals surface area contributed by atoms with Crippen molar-refractivity contribution in [1.29, 1.82) is 0 Å². The number of nitrogens with one attached hydrogen (secondary N) is 2. The highest BCUT2D eigenvalue weighted by Gasteiger charge is 2.17. The highest BCUT2D eigenvalue weighted by molar-refractivity contribution is 7.87. The van der Waals surface area contributed by atoms with Gasteiger partial charge in [0.05, 0.1) is 0 Å². The first-order chi connectivity index (χ1) is 8.94. The number of ether oxygens (including phenoxy) is 1. The standard InChI is InChI=1S/C12H29N3O3S/c1-5-7-13-8-6-9-15(3)19(16,17)14-10-12(2)11-18-4/h12-14H,5-11H2,1-4H3. The molecule has 19 heavy (non-hydrogen) atoms. The third-order valence-electron chi connectivity index (χ3n) is 2.73. The van der Waals surface area contributed by atoms with Crippen LogP contribution in [0.15, 0.2) is 0 Å². The van der Waals surface area contributed by atoms with Crippen LogP contribution in [0.1, 0.15) is 26.7 Å². The summed E-state index contributed by atoms with van der Waals surface area (Å²) in [5.41, 5.74) is 0. The SMILES string of the molecule is CCCNCCCN(C)S(=O)(=O)NCC(C)COC. The van der Waals surface area contributed by atoms with E-state index in [1.54, 1.807) is 14.2 Å².